The highest BCUT2D eigenvalue weighted by molar-refractivity contribution is 6.42. The largest absolute Gasteiger partial charge is 0.491 e. The van der Waals surface area contributed by atoms with Crippen molar-refractivity contribution in [1.29, 1.82) is 0 Å². The maximum absolute atomic E-state index is 11.7. The highest BCUT2D eigenvalue weighted by atomic mass is 35.5. The zero-order chi connectivity index (χ0) is 17.9. The van der Waals surface area contributed by atoms with Gasteiger partial charge in [0.25, 0.3) is 0 Å². The minimum absolute atomic E-state index is 0.0327. The third-order valence-electron chi connectivity index (χ3n) is 3.42. The predicted molar refractivity (Wildman–Crippen MR) is 101 cm³/mol. The smallest absolute Gasteiger partial charge is 0.246 e. The molecule has 1 N–H and O–H groups in total. The number of halogens is 2. The van der Waals surface area contributed by atoms with Crippen molar-refractivity contribution < 1.29 is 14.3 Å². The summed E-state index contributed by atoms with van der Waals surface area (Å²) >= 11 is 11.8. The van der Waals surface area contributed by atoms with E-state index in [9.17, 15) is 4.79 Å². The van der Waals surface area contributed by atoms with Gasteiger partial charge in [-0.3, -0.25) is 4.79 Å². The van der Waals surface area contributed by atoms with Crippen LogP contribution in [0.2, 0.25) is 10.0 Å². The maximum atomic E-state index is 11.7. The van der Waals surface area contributed by atoms with Gasteiger partial charge in [0.1, 0.15) is 19.0 Å². The van der Waals surface area contributed by atoms with Crippen LogP contribution in [0.1, 0.15) is 12.0 Å². The van der Waals surface area contributed by atoms with Crippen molar-refractivity contribution in [1.82, 2.24) is 5.32 Å². The number of rotatable bonds is 10. The molecule has 0 aliphatic heterocycles. The number of ether oxygens (including phenoxy) is 2. The quantitative estimate of drug-likeness (QED) is 0.629. The lowest BCUT2D eigenvalue weighted by molar-refractivity contribution is -0.125. The molecule has 2 aromatic carbocycles. The van der Waals surface area contributed by atoms with E-state index < -0.39 is 0 Å². The Kier molecular flexibility index (Phi) is 8.60. The number of benzene rings is 2. The summed E-state index contributed by atoms with van der Waals surface area (Å²) in [5, 5.41) is 3.92. The molecule has 0 bridgehead atoms. The van der Waals surface area contributed by atoms with Crippen molar-refractivity contribution in [2.75, 3.05) is 26.4 Å². The van der Waals surface area contributed by atoms with Gasteiger partial charge in [-0.1, -0.05) is 47.5 Å². The second-order valence-corrected chi connectivity index (χ2v) is 6.23. The van der Waals surface area contributed by atoms with E-state index in [1.807, 2.05) is 42.5 Å². The molecule has 6 heteroatoms. The summed E-state index contributed by atoms with van der Waals surface area (Å²) in [6.07, 6.45) is 1.64. The zero-order valence-electron chi connectivity index (χ0n) is 13.8. The van der Waals surface area contributed by atoms with Gasteiger partial charge in [-0.2, -0.15) is 0 Å². The van der Waals surface area contributed by atoms with E-state index in [4.69, 9.17) is 32.7 Å². The fraction of sp³-hybridized carbons (Fsp3) is 0.316. The van der Waals surface area contributed by atoms with Gasteiger partial charge in [-0.05, 0) is 42.7 Å². The summed E-state index contributed by atoms with van der Waals surface area (Å²) in [6.45, 7) is 1.40. The molecule has 0 saturated carbocycles. The van der Waals surface area contributed by atoms with E-state index >= 15 is 0 Å². The van der Waals surface area contributed by atoms with E-state index in [1.54, 1.807) is 6.07 Å². The first kappa shape index (κ1) is 19.6. The molecule has 2 rings (SSSR count). The summed E-state index contributed by atoms with van der Waals surface area (Å²) in [4.78, 5) is 11.7. The number of para-hydroxylation sites is 1. The van der Waals surface area contributed by atoms with Crippen molar-refractivity contribution in [3.63, 3.8) is 0 Å². The molecule has 0 saturated heterocycles. The number of carbonyl (C=O) groups is 1. The summed E-state index contributed by atoms with van der Waals surface area (Å²) < 4.78 is 10.8. The topological polar surface area (TPSA) is 47.6 Å². The van der Waals surface area contributed by atoms with Crippen LogP contribution in [0.4, 0.5) is 0 Å². The molecule has 0 aliphatic carbocycles. The Bertz CT molecular complexity index is 665. The van der Waals surface area contributed by atoms with Crippen LogP contribution in [0, 0.1) is 0 Å². The molecule has 0 radical (unpaired) electrons. The highest BCUT2D eigenvalue weighted by Gasteiger charge is 2.03. The first-order valence-electron chi connectivity index (χ1n) is 8.11. The molecular formula is C19H21Cl2NO3. The fourth-order valence-electron chi connectivity index (χ4n) is 2.17. The van der Waals surface area contributed by atoms with E-state index in [-0.39, 0.29) is 12.5 Å². The zero-order valence-corrected chi connectivity index (χ0v) is 15.4. The standard InChI is InChI=1S/C19H21Cl2NO3/c20-17-9-8-15(13-18(17)21)5-4-10-22-19(23)14-24-11-12-25-16-6-2-1-3-7-16/h1-3,6-9,13H,4-5,10-12,14H2,(H,22,23). The van der Waals surface area contributed by atoms with Crippen LogP contribution >= 0.6 is 23.2 Å². The van der Waals surface area contributed by atoms with Gasteiger partial charge in [-0.15, -0.1) is 0 Å². The van der Waals surface area contributed by atoms with Crippen LogP contribution in [-0.4, -0.2) is 32.3 Å². The number of nitrogens with one attached hydrogen (secondary N) is 1. The third kappa shape index (κ3) is 7.78. The minimum atomic E-state index is -0.131. The summed E-state index contributed by atoms with van der Waals surface area (Å²) in [5.74, 6) is 0.659. The van der Waals surface area contributed by atoms with E-state index in [1.165, 1.54) is 0 Å². The molecule has 1 amide bonds. The van der Waals surface area contributed by atoms with Gasteiger partial charge in [-0.25, -0.2) is 0 Å². The molecule has 0 atom stereocenters. The van der Waals surface area contributed by atoms with Gasteiger partial charge < -0.3 is 14.8 Å². The lowest BCUT2D eigenvalue weighted by Gasteiger charge is -2.08. The van der Waals surface area contributed by atoms with Crippen LogP contribution in [0.3, 0.4) is 0 Å². The van der Waals surface area contributed by atoms with Crippen molar-refractivity contribution in [2.45, 2.75) is 12.8 Å². The van der Waals surface area contributed by atoms with E-state index in [2.05, 4.69) is 5.32 Å². The maximum Gasteiger partial charge on any atom is 0.246 e. The van der Waals surface area contributed by atoms with Crippen LogP contribution in [-0.2, 0) is 16.0 Å². The molecule has 0 fully saturated rings. The Morgan fingerprint density at radius 1 is 1.00 bits per heavy atom. The Morgan fingerprint density at radius 2 is 1.80 bits per heavy atom. The van der Waals surface area contributed by atoms with Gasteiger partial charge in [0.2, 0.25) is 5.91 Å². The molecule has 25 heavy (non-hydrogen) atoms. The number of carbonyl (C=O) groups excluding carboxylic acids is 1. The number of hydrogen-bond donors (Lipinski definition) is 1. The molecule has 0 unspecified atom stereocenters. The highest BCUT2D eigenvalue weighted by Crippen LogP contribution is 2.23. The predicted octanol–water partition coefficient (Wildman–Crippen LogP) is 4.14. The van der Waals surface area contributed by atoms with Crippen molar-refractivity contribution in [3.05, 3.63) is 64.1 Å². The Hall–Kier alpha value is -1.75. The molecule has 0 aliphatic rings. The van der Waals surface area contributed by atoms with Crippen LogP contribution in [0.25, 0.3) is 0 Å². The van der Waals surface area contributed by atoms with Gasteiger partial charge in [0.05, 0.1) is 16.7 Å². The van der Waals surface area contributed by atoms with Crippen molar-refractivity contribution in [3.8, 4) is 5.75 Å². The number of aryl methyl sites for hydroxylation is 1. The average molecular weight is 382 g/mol. The fourth-order valence-corrected chi connectivity index (χ4v) is 2.49. The second kappa shape index (κ2) is 11.0. The first-order valence-corrected chi connectivity index (χ1v) is 8.87. The molecule has 0 heterocycles. The van der Waals surface area contributed by atoms with Crippen LogP contribution in [0.5, 0.6) is 5.75 Å². The summed E-state index contributed by atoms with van der Waals surface area (Å²) in [6, 6.07) is 15.1. The average Bonchev–Trinajstić information content (AvgIpc) is 2.62. The number of hydrogen-bond acceptors (Lipinski definition) is 3. The summed E-state index contributed by atoms with van der Waals surface area (Å²) in [5.41, 5.74) is 1.10. The Labute approximate surface area is 158 Å². The van der Waals surface area contributed by atoms with Crippen molar-refractivity contribution in [2.24, 2.45) is 0 Å². The molecule has 0 spiro atoms. The lowest BCUT2D eigenvalue weighted by atomic mass is 10.1. The monoisotopic (exact) mass is 381 g/mol. The normalized spacial score (nSPS) is 10.5. The second-order valence-electron chi connectivity index (χ2n) is 5.42. The van der Waals surface area contributed by atoms with Gasteiger partial charge >= 0.3 is 0 Å². The third-order valence-corrected chi connectivity index (χ3v) is 4.16. The van der Waals surface area contributed by atoms with Gasteiger partial charge in [0, 0.05) is 6.54 Å². The molecule has 2 aromatic rings. The first-order chi connectivity index (χ1) is 12.1. The Balaban J connectivity index is 1.50. The van der Waals surface area contributed by atoms with E-state index in [0.717, 1.165) is 24.2 Å². The molecule has 134 valence electrons. The van der Waals surface area contributed by atoms with E-state index in [0.29, 0.717) is 29.8 Å². The van der Waals surface area contributed by atoms with Crippen molar-refractivity contribution >= 4 is 29.1 Å². The molecule has 0 aromatic heterocycles. The lowest BCUT2D eigenvalue weighted by Crippen LogP contribution is -2.29. The number of amides is 1. The molecular weight excluding hydrogens is 361 g/mol. The van der Waals surface area contributed by atoms with Crippen LogP contribution in [0.15, 0.2) is 48.5 Å². The summed E-state index contributed by atoms with van der Waals surface area (Å²) in [7, 11) is 0. The minimum Gasteiger partial charge on any atom is -0.491 e. The Morgan fingerprint density at radius 3 is 2.56 bits per heavy atom. The van der Waals surface area contributed by atoms with Crippen LogP contribution < -0.4 is 10.1 Å². The van der Waals surface area contributed by atoms with Gasteiger partial charge in [0.15, 0.2) is 0 Å². The SMILES string of the molecule is O=C(COCCOc1ccccc1)NCCCc1ccc(Cl)c(Cl)c1. The molecule has 4 nitrogen and oxygen atoms in total.